The summed E-state index contributed by atoms with van der Waals surface area (Å²) in [6.45, 7) is 0. The molecule has 9 heteroatoms. The number of hydrogen-bond acceptors (Lipinski definition) is 1. The molecular weight excluding hydrogens is 288 g/mol. The van der Waals surface area contributed by atoms with E-state index in [-0.39, 0.29) is 24.3 Å². The van der Waals surface area contributed by atoms with Crippen molar-refractivity contribution in [1.29, 1.82) is 0 Å². The Morgan fingerprint density at radius 3 is 1.42 bits per heavy atom. The van der Waals surface area contributed by atoms with Crippen molar-refractivity contribution in [2.75, 3.05) is 0 Å². The smallest absolute Gasteiger partial charge is 0.379 e. The molecule has 108 valence electrons. The topological polar surface area (TPSA) is 20.2 Å². The molecule has 0 aliphatic carbocycles. The van der Waals surface area contributed by atoms with Crippen molar-refractivity contribution < 1.29 is 40.2 Å². The van der Waals surface area contributed by atoms with Crippen LogP contribution in [0.4, 0.5) is 35.1 Å². The molecule has 1 unspecified atom stereocenters. The molecule has 1 rings (SSSR count). The first-order chi connectivity index (χ1) is 8.37. The molecule has 0 fully saturated rings. The second-order valence-corrected chi connectivity index (χ2v) is 3.64. The number of hydrogen-bond donors (Lipinski definition) is 1. The fraction of sp³-hybridized carbons (Fsp3) is 0.400. The van der Waals surface area contributed by atoms with Gasteiger partial charge in [0.15, 0.2) is 0 Å². The summed E-state index contributed by atoms with van der Waals surface area (Å²) >= 11 is 0. The third-order valence-corrected chi connectivity index (χ3v) is 2.25. The summed E-state index contributed by atoms with van der Waals surface area (Å²) in [5, 5.41) is 8.50. The van der Waals surface area contributed by atoms with E-state index in [1.165, 1.54) is 0 Å². The minimum absolute atomic E-state index is 0.192. The fourth-order valence-corrected chi connectivity index (χ4v) is 1.24. The lowest BCUT2D eigenvalue weighted by atomic mass is 10.0. The highest BCUT2D eigenvalue weighted by atomic mass is 19.4. The van der Waals surface area contributed by atoms with E-state index in [1.54, 1.807) is 0 Å². The van der Waals surface area contributed by atoms with Crippen LogP contribution < -0.4 is 0 Å². The monoisotopic (exact) mass is 294 g/mol. The van der Waals surface area contributed by atoms with Gasteiger partial charge in [-0.15, -0.1) is 0 Å². The van der Waals surface area contributed by atoms with Crippen molar-refractivity contribution in [3.05, 3.63) is 35.4 Å². The third-order valence-electron chi connectivity index (χ3n) is 2.25. The Labute approximate surface area is 101 Å². The number of rotatable bonds is 2. The van der Waals surface area contributed by atoms with E-state index in [2.05, 4.69) is 0 Å². The molecule has 0 heterocycles. The van der Waals surface area contributed by atoms with Crippen LogP contribution in [0.3, 0.4) is 0 Å². The number of aliphatic hydroxyl groups is 1. The summed E-state index contributed by atoms with van der Waals surface area (Å²) in [5.74, 6) is -4.73. The van der Waals surface area contributed by atoms with Gasteiger partial charge in [0, 0.05) is 5.56 Å². The van der Waals surface area contributed by atoms with Crippen LogP contribution in [0.25, 0.3) is 0 Å². The number of alkyl halides is 8. The Morgan fingerprint density at radius 1 is 0.737 bits per heavy atom. The van der Waals surface area contributed by atoms with E-state index in [4.69, 9.17) is 5.11 Å². The Morgan fingerprint density at radius 2 is 1.11 bits per heavy atom. The van der Waals surface area contributed by atoms with Crippen molar-refractivity contribution in [3.8, 4) is 0 Å². The van der Waals surface area contributed by atoms with Crippen LogP contribution in [0.2, 0.25) is 0 Å². The van der Waals surface area contributed by atoms with E-state index in [0.717, 1.165) is 0 Å². The zero-order valence-electron chi connectivity index (χ0n) is 8.86. The van der Waals surface area contributed by atoms with Gasteiger partial charge in [0.2, 0.25) is 6.10 Å². The van der Waals surface area contributed by atoms with Crippen LogP contribution in [-0.4, -0.2) is 17.4 Å². The lowest BCUT2D eigenvalue weighted by molar-refractivity contribution is -0.273. The molecule has 0 aromatic heterocycles. The Balaban J connectivity index is 3.10. The lowest BCUT2D eigenvalue weighted by Gasteiger charge is -2.24. The number of halogens is 8. The van der Waals surface area contributed by atoms with Crippen LogP contribution in [0.15, 0.2) is 24.3 Å². The van der Waals surface area contributed by atoms with E-state index in [1.807, 2.05) is 0 Å². The molecule has 0 saturated heterocycles. The highest BCUT2D eigenvalue weighted by Gasteiger charge is 2.55. The molecule has 1 aromatic rings. The molecule has 1 nitrogen and oxygen atoms in total. The van der Waals surface area contributed by atoms with Gasteiger partial charge in [-0.05, 0) is 12.1 Å². The van der Waals surface area contributed by atoms with E-state index in [0.29, 0.717) is 0 Å². The van der Waals surface area contributed by atoms with Crippen LogP contribution in [0, 0.1) is 0 Å². The first-order valence-electron chi connectivity index (χ1n) is 4.67. The van der Waals surface area contributed by atoms with Gasteiger partial charge in [0.25, 0.3) is 0 Å². The SMILES string of the molecule is OC(C(F)(F)F)C(F)(F)c1ccc(C(F)(F)F)cc1. The molecule has 0 amide bonds. The highest BCUT2D eigenvalue weighted by Crippen LogP contribution is 2.40. The average molecular weight is 294 g/mol. The van der Waals surface area contributed by atoms with Crippen LogP contribution >= 0.6 is 0 Å². The second kappa shape index (κ2) is 4.62. The molecule has 19 heavy (non-hydrogen) atoms. The maximum absolute atomic E-state index is 13.2. The predicted molar refractivity (Wildman–Crippen MR) is 47.4 cm³/mol. The van der Waals surface area contributed by atoms with Crippen LogP contribution in [0.5, 0.6) is 0 Å². The number of benzene rings is 1. The summed E-state index contributed by atoms with van der Waals surface area (Å²) in [6.07, 6.45) is -14.4. The molecule has 0 aliphatic heterocycles. The van der Waals surface area contributed by atoms with Gasteiger partial charge in [0.05, 0.1) is 5.56 Å². The summed E-state index contributed by atoms with van der Waals surface area (Å²) in [6, 6.07) is 0.814. The van der Waals surface area contributed by atoms with Crippen LogP contribution in [0.1, 0.15) is 11.1 Å². The second-order valence-electron chi connectivity index (χ2n) is 3.64. The standard InChI is InChI=1S/C10H6F8O/c11-8(12,7(19)10(16,17)18)5-1-3-6(4-2-5)9(13,14)15/h1-4,7,19H. The zero-order chi connectivity index (χ0) is 15.1. The minimum atomic E-state index is -5.59. The zero-order valence-corrected chi connectivity index (χ0v) is 8.86. The van der Waals surface area contributed by atoms with Crippen molar-refractivity contribution in [1.82, 2.24) is 0 Å². The summed E-state index contributed by atoms with van der Waals surface area (Å²) in [4.78, 5) is 0. The third kappa shape index (κ3) is 3.34. The van der Waals surface area contributed by atoms with E-state index in [9.17, 15) is 35.1 Å². The molecule has 0 radical (unpaired) electrons. The largest absolute Gasteiger partial charge is 0.420 e. The van der Waals surface area contributed by atoms with Crippen molar-refractivity contribution in [3.63, 3.8) is 0 Å². The highest BCUT2D eigenvalue weighted by molar-refractivity contribution is 5.28. The maximum atomic E-state index is 13.2. The van der Waals surface area contributed by atoms with Gasteiger partial charge in [-0.3, -0.25) is 0 Å². The van der Waals surface area contributed by atoms with Gasteiger partial charge < -0.3 is 5.11 Å². The maximum Gasteiger partial charge on any atom is 0.420 e. The van der Waals surface area contributed by atoms with Crippen molar-refractivity contribution in [2.24, 2.45) is 0 Å². The first kappa shape index (κ1) is 15.7. The normalized spacial score (nSPS) is 15.4. The van der Waals surface area contributed by atoms with Crippen molar-refractivity contribution in [2.45, 2.75) is 24.4 Å². The fourth-order valence-electron chi connectivity index (χ4n) is 1.24. The van der Waals surface area contributed by atoms with Gasteiger partial charge >= 0.3 is 18.3 Å². The van der Waals surface area contributed by atoms with Gasteiger partial charge in [-0.1, -0.05) is 12.1 Å². The quantitative estimate of drug-likeness (QED) is 0.824. The van der Waals surface area contributed by atoms with Gasteiger partial charge in [-0.25, -0.2) is 0 Å². The lowest BCUT2D eigenvalue weighted by Crippen LogP contribution is -2.42. The molecule has 0 bridgehead atoms. The Hall–Kier alpha value is -1.38. The predicted octanol–water partition coefficient (Wildman–Crippen LogP) is 3.72. The molecule has 0 saturated carbocycles. The Bertz CT molecular complexity index is 430. The average Bonchev–Trinajstić information content (AvgIpc) is 2.25. The number of aliphatic hydroxyl groups excluding tert-OH is 1. The van der Waals surface area contributed by atoms with Crippen LogP contribution in [-0.2, 0) is 12.1 Å². The first-order valence-corrected chi connectivity index (χ1v) is 4.67. The van der Waals surface area contributed by atoms with Gasteiger partial charge in [-0.2, -0.15) is 35.1 Å². The minimum Gasteiger partial charge on any atom is -0.379 e. The molecule has 1 N–H and O–H groups in total. The molecule has 1 atom stereocenters. The van der Waals surface area contributed by atoms with Gasteiger partial charge in [0.1, 0.15) is 0 Å². The summed E-state index contributed by atoms with van der Waals surface area (Å²) < 4.78 is 98.9. The summed E-state index contributed by atoms with van der Waals surface area (Å²) in [5.41, 5.74) is -2.64. The molecule has 1 aromatic carbocycles. The Kier molecular flexibility index (Phi) is 3.81. The molecular formula is C10H6F8O. The molecule has 0 aliphatic rings. The molecule has 0 spiro atoms. The van der Waals surface area contributed by atoms with Crippen molar-refractivity contribution >= 4 is 0 Å². The van der Waals surface area contributed by atoms with E-state index < -0.39 is 35.5 Å². The summed E-state index contributed by atoms with van der Waals surface area (Å²) in [7, 11) is 0. The van der Waals surface area contributed by atoms with E-state index >= 15 is 0 Å².